The minimum Gasteiger partial charge on any atom is -0.396 e. The highest BCUT2D eigenvalue weighted by atomic mass is 16.5. The van der Waals surface area contributed by atoms with Gasteiger partial charge in [-0.05, 0) is 24.1 Å². The van der Waals surface area contributed by atoms with Crippen molar-refractivity contribution >= 4 is 11.0 Å². The van der Waals surface area contributed by atoms with Gasteiger partial charge in [-0.2, -0.15) is 0 Å². The van der Waals surface area contributed by atoms with Crippen molar-refractivity contribution in [3.8, 4) is 0 Å². The Kier molecular flexibility index (Phi) is 2.19. The maximum Gasteiger partial charge on any atom is 0.0931 e. The first-order chi connectivity index (χ1) is 7.84. The number of fused-ring (bicyclic) bond motifs is 1. The summed E-state index contributed by atoms with van der Waals surface area (Å²) in [4.78, 5) is 7.30. The predicted molar refractivity (Wildman–Crippen MR) is 60.3 cm³/mol. The van der Waals surface area contributed by atoms with Crippen molar-refractivity contribution in [2.45, 2.75) is 11.8 Å². The molecule has 2 heterocycles. The van der Waals surface area contributed by atoms with Gasteiger partial charge in [0.2, 0.25) is 0 Å². The summed E-state index contributed by atoms with van der Waals surface area (Å²) in [5, 5.41) is 9.13. The Morgan fingerprint density at radius 1 is 1.44 bits per heavy atom. The SMILES string of the molecule is OCCC1(c2ccc3nc[nH]c3c2)COC1. The molecule has 84 valence electrons. The molecule has 16 heavy (non-hydrogen) atoms. The van der Waals surface area contributed by atoms with Crippen molar-refractivity contribution in [2.24, 2.45) is 0 Å². The molecule has 1 aromatic carbocycles. The minimum atomic E-state index is 0.00799. The Labute approximate surface area is 93.3 Å². The van der Waals surface area contributed by atoms with E-state index in [1.54, 1.807) is 6.33 Å². The number of aliphatic hydroxyl groups is 1. The lowest BCUT2D eigenvalue weighted by Gasteiger charge is -2.41. The molecule has 1 saturated heterocycles. The molecule has 1 aliphatic rings. The van der Waals surface area contributed by atoms with Crippen molar-refractivity contribution in [1.29, 1.82) is 0 Å². The molecule has 0 aliphatic carbocycles. The smallest absolute Gasteiger partial charge is 0.0931 e. The van der Waals surface area contributed by atoms with Crippen LogP contribution >= 0.6 is 0 Å². The van der Waals surface area contributed by atoms with Crippen molar-refractivity contribution < 1.29 is 9.84 Å². The lowest BCUT2D eigenvalue weighted by molar-refractivity contribution is -0.0700. The summed E-state index contributed by atoms with van der Waals surface area (Å²) in [7, 11) is 0. The molecule has 0 radical (unpaired) electrons. The van der Waals surface area contributed by atoms with Crippen LogP contribution in [0.4, 0.5) is 0 Å². The number of nitrogens with one attached hydrogen (secondary N) is 1. The number of rotatable bonds is 3. The fourth-order valence-electron chi connectivity index (χ4n) is 2.28. The number of aromatic nitrogens is 2. The van der Waals surface area contributed by atoms with Gasteiger partial charge in [0.1, 0.15) is 0 Å². The summed E-state index contributed by atoms with van der Waals surface area (Å²) in [6.45, 7) is 1.60. The molecule has 1 fully saturated rings. The highest BCUT2D eigenvalue weighted by molar-refractivity contribution is 5.75. The summed E-state index contributed by atoms with van der Waals surface area (Å²) in [6.07, 6.45) is 2.46. The van der Waals surface area contributed by atoms with Gasteiger partial charge in [0.15, 0.2) is 0 Å². The van der Waals surface area contributed by atoms with E-state index in [2.05, 4.69) is 22.1 Å². The normalized spacial score (nSPS) is 18.6. The van der Waals surface area contributed by atoms with E-state index >= 15 is 0 Å². The Balaban J connectivity index is 2.03. The second-order valence-electron chi connectivity index (χ2n) is 4.38. The van der Waals surface area contributed by atoms with Crippen LogP contribution in [0, 0.1) is 0 Å². The van der Waals surface area contributed by atoms with E-state index < -0.39 is 0 Å². The van der Waals surface area contributed by atoms with Crippen LogP contribution in [0.5, 0.6) is 0 Å². The van der Waals surface area contributed by atoms with Crippen molar-refractivity contribution in [1.82, 2.24) is 9.97 Å². The zero-order valence-electron chi connectivity index (χ0n) is 8.94. The average Bonchev–Trinajstić information content (AvgIpc) is 2.70. The first-order valence-corrected chi connectivity index (χ1v) is 5.46. The molecule has 4 nitrogen and oxygen atoms in total. The highest BCUT2D eigenvalue weighted by Crippen LogP contribution is 2.36. The number of hydrogen-bond acceptors (Lipinski definition) is 3. The van der Waals surface area contributed by atoms with E-state index in [1.807, 2.05) is 6.07 Å². The zero-order chi connectivity index (χ0) is 11.0. The molecule has 0 unspecified atom stereocenters. The fourth-order valence-corrected chi connectivity index (χ4v) is 2.28. The van der Waals surface area contributed by atoms with Gasteiger partial charge in [-0.15, -0.1) is 0 Å². The molecule has 0 amide bonds. The summed E-state index contributed by atoms with van der Waals surface area (Å²) in [5.41, 5.74) is 3.25. The van der Waals surface area contributed by atoms with Gasteiger partial charge in [-0.1, -0.05) is 6.07 Å². The average molecular weight is 218 g/mol. The lowest BCUT2D eigenvalue weighted by Crippen LogP contribution is -2.47. The van der Waals surface area contributed by atoms with Crippen LogP contribution in [-0.4, -0.2) is 34.9 Å². The zero-order valence-corrected chi connectivity index (χ0v) is 8.94. The second kappa shape index (κ2) is 3.57. The van der Waals surface area contributed by atoms with Gasteiger partial charge in [-0.25, -0.2) is 4.98 Å². The third-order valence-electron chi connectivity index (χ3n) is 3.38. The van der Waals surface area contributed by atoms with Gasteiger partial charge in [0.05, 0.1) is 30.6 Å². The number of hydrogen-bond donors (Lipinski definition) is 2. The Morgan fingerprint density at radius 3 is 3.00 bits per heavy atom. The van der Waals surface area contributed by atoms with E-state index in [0.717, 1.165) is 17.5 Å². The van der Waals surface area contributed by atoms with E-state index in [9.17, 15) is 0 Å². The standard InChI is InChI=1S/C12H14N2O2/c15-4-3-12(6-16-7-12)9-1-2-10-11(5-9)14-8-13-10/h1-2,5,8,15H,3-4,6-7H2,(H,13,14). The van der Waals surface area contributed by atoms with Crippen LogP contribution in [0.2, 0.25) is 0 Å². The number of nitrogens with zero attached hydrogens (tertiary/aromatic N) is 1. The van der Waals surface area contributed by atoms with E-state index in [0.29, 0.717) is 13.2 Å². The lowest BCUT2D eigenvalue weighted by atomic mass is 9.76. The molecule has 0 saturated carbocycles. The summed E-state index contributed by atoms with van der Waals surface area (Å²) < 4.78 is 5.30. The van der Waals surface area contributed by atoms with Crippen LogP contribution < -0.4 is 0 Å². The minimum absolute atomic E-state index is 0.00799. The van der Waals surface area contributed by atoms with Gasteiger partial charge in [0, 0.05) is 12.0 Å². The molecule has 2 aromatic rings. The predicted octanol–water partition coefficient (Wildman–Crippen LogP) is 1.21. The number of H-pyrrole nitrogens is 1. The third kappa shape index (κ3) is 1.34. The highest BCUT2D eigenvalue weighted by Gasteiger charge is 2.39. The van der Waals surface area contributed by atoms with Gasteiger partial charge in [-0.3, -0.25) is 0 Å². The Hall–Kier alpha value is -1.39. The Bertz CT molecular complexity index is 502. The molecule has 1 aromatic heterocycles. The van der Waals surface area contributed by atoms with Gasteiger partial charge >= 0.3 is 0 Å². The van der Waals surface area contributed by atoms with Crippen molar-refractivity contribution in [3.63, 3.8) is 0 Å². The van der Waals surface area contributed by atoms with Gasteiger partial charge in [0.25, 0.3) is 0 Å². The maximum absolute atomic E-state index is 9.13. The quantitative estimate of drug-likeness (QED) is 0.814. The fraction of sp³-hybridized carbons (Fsp3) is 0.417. The summed E-state index contributed by atoms with van der Waals surface area (Å²) in [6, 6.07) is 6.21. The molecule has 0 bridgehead atoms. The van der Waals surface area contributed by atoms with E-state index in [1.165, 1.54) is 5.56 Å². The Morgan fingerprint density at radius 2 is 2.31 bits per heavy atom. The largest absolute Gasteiger partial charge is 0.396 e. The third-order valence-corrected chi connectivity index (χ3v) is 3.38. The number of aliphatic hydroxyl groups excluding tert-OH is 1. The number of aromatic amines is 1. The van der Waals surface area contributed by atoms with Crippen molar-refractivity contribution in [2.75, 3.05) is 19.8 Å². The monoisotopic (exact) mass is 218 g/mol. The second-order valence-corrected chi connectivity index (χ2v) is 4.38. The summed E-state index contributed by atoms with van der Waals surface area (Å²) >= 11 is 0. The van der Waals surface area contributed by atoms with E-state index in [4.69, 9.17) is 9.84 Å². The van der Waals surface area contributed by atoms with Crippen LogP contribution in [0.15, 0.2) is 24.5 Å². The first kappa shape index (κ1) is 9.81. The number of ether oxygens (including phenoxy) is 1. The van der Waals surface area contributed by atoms with Crippen LogP contribution in [0.3, 0.4) is 0 Å². The van der Waals surface area contributed by atoms with E-state index in [-0.39, 0.29) is 12.0 Å². The molecule has 0 atom stereocenters. The first-order valence-electron chi connectivity index (χ1n) is 5.46. The van der Waals surface area contributed by atoms with Gasteiger partial charge < -0.3 is 14.8 Å². The molecule has 4 heteroatoms. The maximum atomic E-state index is 9.13. The molecule has 2 N–H and O–H groups in total. The molecular formula is C12H14N2O2. The van der Waals surface area contributed by atoms with Crippen molar-refractivity contribution in [3.05, 3.63) is 30.1 Å². The topological polar surface area (TPSA) is 58.1 Å². The number of imidazole rings is 1. The number of benzene rings is 1. The van der Waals surface area contributed by atoms with Crippen LogP contribution in [-0.2, 0) is 10.2 Å². The molecular weight excluding hydrogens is 204 g/mol. The molecule has 3 rings (SSSR count). The molecule has 1 aliphatic heterocycles. The molecule has 0 spiro atoms. The van der Waals surface area contributed by atoms with Crippen LogP contribution in [0.25, 0.3) is 11.0 Å². The van der Waals surface area contributed by atoms with Crippen LogP contribution in [0.1, 0.15) is 12.0 Å². The summed E-state index contributed by atoms with van der Waals surface area (Å²) in [5.74, 6) is 0.